The molecule has 2 aromatic rings. The Bertz CT molecular complexity index is 915. The fourth-order valence-electron chi connectivity index (χ4n) is 4.11. The van der Waals surface area contributed by atoms with Crippen LogP contribution in [0.2, 0.25) is 0 Å². The van der Waals surface area contributed by atoms with Crippen molar-refractivity contribution in [1.29, 1.82) is 0 Å². The maximum atomic E-state index is 14.7. The zero-order chi connectivity index (χ0) is 21.6. The van der Waals surface area contributed by atoms with Gasteiger partial charge in [-0.3, -0.25) is 4.79 Å². The monoisotopic (exact) mass is 423 g/mol. The Morgan fingerprint density at radius 2 is 1.68 bits per heavy atom. The molecule has 0 unspecified atom stereocenters. The fraction of sp³-hybridized carbons (Fsp3) is 0.400. The second-order valence-corrected chi connectivity index (χ2v) is 7.98. The third-order valence-electron chi connectivity index (χ3n) is 6.09. The number of morpholine rings is 1. The van der Waals surface area contributed by atoms with Gasteiger partial charge in [-0.25, -0.2) is 4.39 Å². The number of likely N-dealkylation sites (N-methyl/N-ethyl adjacent to an activating group) is 1. The summed E-state index contributed by atoms with van der Waals surface area (Å²) in [6.07, 6.45) is 3.29. The first kappa shape index (κ1) is 21.5. The molecule has 164 valence electrons. The number of nitrogens with zero attached hydrogens (tertiary/aromatic N) is 3. The average Bonchev–Trinajstić information content (AvgIpc) is 2.83. The predicted molar refractivity (Wildman–Crippen MR) is 124 cm³/mol. The quantitative estimate of drug-likeness (QED) is 0.523. The molecule has 0 amide bonds. The van der Waals surface area contributed by atoms with Crippen LogP contribution in [0.4, 0.5) is 15.8 Å². The third-order valence-corrected chi connectivity index (χ3v) is 6.09. The second kappa shape index (κ2) is 10.1. The van der Waals surface area contributed by atoms with E-state index in [1.54, 1.807) is 18.2 Å². The lowest BCUT2D eigenvalue weighted by Crippen LogP contribution is -2.46. The van der Waals surface area contributed by atoms with Crippen LogP contribution in [0.1, 0.15) is 22.8 Å². The van der Waals surface area contributed by atoms with Gasteiger partial charge in [0, 0.05) is 50.5 Å². The molecule has 4 rings (SSSR count). The van der Waals surface area contributed by atoms with Crippen molar-refractivity contribution in [2.75, 3.05) is 68.8 Å². The van der Waals surface area contributed by atoms with Crippen LogP contribution >= 0.6 is 0 Å². The molecule has 0 saturated carbocycles. The lowest BCUT2D eigenvalue weighted by atomic mass is 10.1. The highest BCUT2D eigenvalue weighted by molar-refractivity contribution is 6.07. The summed E-state index contributed by atoms with van der Waals surface area (Å²) in [4.78, 5) is 19.3. The molecule has 0 N–H and O–H groups in total. The molecule has 0 aliphatic carbocycles. The molecule has 0 aromatic heterocycles. The van der Waals surface area contributed by atoms with Crippen LogP contribution in [-0.2, 0) is 4.74 Å². The first-order valence-electron chi connectivity index (χ1n) is 11.1. The Morgan fingerprint density at radius 1 is 0.968 bits per heavy atom. The van der Waals surface area contributed by atoms with E-state index < -0.39 is 0 Å². The summed E-state index contributed by atoms with van der Waals surface area (Å²) in [6, 6.07) is 12.9. The van der Waals surface area contributed by atoms with E-state index >= 15 is 0 Å². The molecule has 2 heterocycles. The molecule has 2 saturated heterocycles. The van der Waals surface area contributed by atoms with Gasteiger partial charge in [0.1, 0.15) is 5.82 Å². The zero-order valence-corrected chi connectivity index (χ0v) is 18.1. The van der Waals surface area contributed by atoms with Crippen molar-refractivity contribution < 1.29 is 13.9 Å². The number of rotatable bonds is 6. The minimum atomic E-state index is -0.334. The number of hydrogen-bond donors (Lipinski definition) is 0. The van der Waals surface area contributed by atoms with Crippen LogP contribution in [0, 0.1) is 5.82 Å². The van der Waals surface area contributed by atoms with Gasteiger partial charge < -0.3 is 19.4 Å². The van der Waals surface area contributed by atoms with E-state index in [9.17, 15) is 9.18 Å². The van der Waals surface area contributed by atoms with E-state index in [0.717, 1.165) is 70.3 Å². The van der Waals surface area contributed by atoms with Gasteiger partial charge >= 0.3 is 0 Å². The van der Waals surface area contributed by atoms with Crippen molar-refractivity contribution in [3.63, 3.8) is 0 Å². The number of benzene rings is 2. The van der Waals surface area contributed by atoms with Crippen LogP contribution in [0.15, 0.2) is 48.5 Å². The summed E-state index contributed by atoms with van der Waals surface area (Å²) in [5.74, 6) is -0.530. The first-order chi connectivity index (χ1) is 15.1. The van der Waals surface area contributed by atoms with Gasteiger partial charge in [0.25, 0.3) is 0 Å². The Morgan fingerprint density at radius 3 is 2.32 bits per heavy atom. The van der Waals surface area contributed by atoms with Gasteiger partial charge in [0.05, 0.1) is 18.9 Å². The average molecular weight is 424 g/mol. The lowest BCUT2D eigenvalue weighted by Gasteiger charge is -2.35. The van der Waals surface area contributed by atoms with Gasteiger partial charge in [0.2, 0.25) is 0 Å². The van der Waals surface area contributed by atoms with Gasteiger partial charge in [-0.1, -0.05) is 25.1 Å². The summed E-state index contributed by atoms with van der Waals surface area (Å²) in [5, 5.41) is 0. The normalized spacial score (nSPS) is 18.0. The molecule has 2 aliphatic heterocycles. The number of hydrogen-bond acceptors (Lipinski definition) is 5. The topological polar surface area (TPSA) is 36.0 Å². The molecule has 2 aromatic carbocycles. The molecule has 2 aliphatic rings. The number of anilines is 2. The van der Waals surface area contributed by atoms with Crippen molar-refractivity contribution in [1.82, 2.24) is 4.90 Å². The van der Waals surface area contributed by atoms with Crippen molar-refractivity contribution in [2.24, 2.45) is 0 Å². The smallest absolute Gasteiger partial charge is 0.185 e. The molecular weight excluding hydrogens is 393 g/mol. The second-order valence-electron chi connectivity index (χ2n) is 7.98. The highest BCUT2D eigenvalue weighted by Gasteiger charge is 2.19. The van der Waals surface area contributed by atoms with Gasteiger partial charge in [-0.2, -0.15) is 0 Å². The van der Waals surface area contributed by atoms with Crippen molar-refractivity contribution in [3.05, 3.63) is 65.5 Å². The SMILES string of the molecule is CCN1CCN(c2ccc(C(=O)/C=C/c3ccc(N4CCOCC4)cc3)cc2F)CC1. The molecule has 0 spiro atoms. The minimum absolute atomic E-state index is 0.196. The number of carbonyl (C=O) groups excluding carboxylic acids is 1. The third kappa shape index (κ3) is 5.32. The molecule has 31 heavy (non-hydrogen) atoms. The van der Waals surface area contributed by atoms with Crippen LogP contribution in [0.3, 0.4) is 0 Å². The standard InChI is InChI=1S/C25H30FN3O2/c1-2-27-11-13-29(14-12-27)24-9-6-21(19-23(24)26)25(30)10-5-20-3-7-22(8-4-20)28-15-17-31-18-16-28/h3-10,19H,2,11-18H2,1H3/b10-5+. The largest absolute Gasteiger partial charge is 0.378 e. The summed E-state index contributed by atoms with van der Waals surface area (Å²) in [7, 11) is 0. The summed E-state index contributed by atoms with van der Waals surface area (Å²) in [6.45, 7) is 9.92. The summed E-state index contributed by atoms with van der Waals surface area (Å²) in [5.41, 5.74) is 3.05. The van der Waals surface area contributed by atoms with E-state index in [1.807, 2.05) is 12.1 Å². The van der Waals surface area contributed by atoms with Gasteiger partial charge in [0.15, 0.2) is 5.78 Å². The Hall–Kier alpha value is -2.70. The number of piperazine rings is 1. The number of ether oxygens (including phenoxy) is 1. The van der Waals surface area contributed by atoms with Crippen LogP contribution in [-0.4, -0.2) is 69.7 Å². The Labute approximate surface area is 183 Å². The molecule has 2 fully saturated rings. The summed E-state index contributed by atoms with van der Waals surface area (Å²) < 4.78 is 20.1. The van der Waals surface area contributed by atoms with Crippen LogP contribution in [0.25, 0.3) is 6.08 Å². The highest BCUT2D eigenvalue weighted by atomic mass is 19.1. The van der Waals surface area contributed by atoms with Crippen LogP contribution in [0.5, 0.6) is 0 Å². The number of carbonyl (C=O) groups is 1. The predicted octanol–water partition coefficient (Wildman–Crippen LogP) is 3.70. The van der Waals surface area contributed by atoms with E-state index in [1.165, 1.54) is 12.1 Å². The molecule has 6 heteroatoms. The molecule has 0 atom stereocenters. The first-order valence-corrected chi connectivity index (χ1v) is 11.1. The lowest BCUT2D eigenvalue weighted by molar-refractivity contribution is 0.104. The minimum Gasteiger partial charge on any atom is -0.378 e. The van der Waals surface area contributed by atoms with E-state index in [2.05, 4.69) is 33.8 Å². The molecule has 0 bridgehead atoms. The number of allylic oxidation sites excluding steroid dienone is 1. The maximum Gasteiger partial charge on any atom is 0.185 e. The zero-order valence-electron chi connectivity index (χ0n) is 18.1. The van der Waals surface area contributed by atoms with Crippen molar-refractivity contribution in [2.45, 2.75) is 6.92 Å². The highest BCUT2D eigenvalue weighted by Crippen LogP contribution is 2.23. The van der Waals surface area contributed by atoms with E-state index in [4.69, 9.17) is 4.74 Å². The van der Waals surface area contributed by atoms with Gasteiger partial charge in [-0.15, -0.1) is 0 Å². The van der Waals surface area contributed by atoms with E-state index in [0.29, 0.717) is 11.3 Å². The fourth-order valence-corrected chi connectivity index (χ4v) is 4.11. The number of ketones is 1. The van der Waals surface area contributed by atoms with Gasteiger partial charge in [-0.05, 0) is 48.5 Å². The van der Waals surface area contributed by atoms with E-state index in [-0.39, 0.29) is 11.6 Å². The number of halogens is 1. The van der Waals surface area contributed by atoms with Crippen LogP contribution < -0.4 is 9.80 Å². The van der Waals surface area contributed by atoms with Crippen molar-refractivity contribution in [3.8, 4) is 0 Å². The Kier molecular flexibility index (Phi) is 6.99. The molecule has 0 radical (unpaired) electrons. The maximum absolute atomic E-state index is 14.7. The molecule has 5 nitrogen and oxygen atoms in total. The molecular formula is C25H30FN3O2. The van der Waals surface area contributed by atoms with Crippen molar-refractivity contribution >= 4 is 23.2 Å². The summed E-state index contributed by atoms with van der Waals surface area (Å²) >= 11 is 0. The Balaban J connectivity index is 1.38.